The summed E-state index contributed by atoms with van der Waals surface area (Å²) in [5.41, 5.74) is 0.884. The maximum absolute atomic E-state index is 13.4. The highest BCUT2D eigenvalue weighted by Gasteiger charge is 2.30. The van der Waals surface area contributed by atoms with Crippen molar-refractivity contribution >= 4 is 6.08 Å². The Hall–Kier alpha value is -1.54. The van der Waals surface area contributed by atoms with Crippen LogP contribution in [0.5, 0.6) is 0 Å². The quantitative estimate of drug-likeness (QED) is 0.556. The molecule has 0 unspecified atom stereocenters. The van der Waals surface area contributed by atoms with Gasteiger partial charge in [0.1, 0.15) is 0 Å². The van der Waals surface area contributed by atoms with Gasteiger partial charge in [-0.05, 0) is 6.92 Å². The molecule has 1 rings (SSSR count). The lowest BCUT2D eigenvalue weighted by Gasteiger charge is -2.15. The summed E-state index contributed by atoms with van der Waals surface area (Å²) in [7, 11) is 0. The Morgan fingerprint density at radius 3 is 2.47 bits per heavy atom. The smallest absolute Gasteiger partial charge is 0.211 e. The second-order valence-corrected chi connectivity index (χ2v) is 3.29. The highest BCUT2D eigenvalue weighted by atomic mass is 19.3. The molecule has 1 aromatic carbocycles. The number of nitrogens with zero attached hydrogens (tertiary/aromatic N) is 1. The van der Waals surface area contributed by atoms with Gasteiger partial charge in [-0.2, -0.15) is 0 Å². The van der Waals surface area contributed by atoms with E-state index in [0.29, 0.717) is 0 Å². The first-order chi connectivity index (χ1) is 7.06. The Morgan fingerprint density at radius 1 is 1.33 bits per heavy atom. The SMILES string of the molecule is Cc1ccc(C(F)(F)CCN=C=O)cc1. The first-order valence-electron chi connectivity index (χ1n) is 4.55. The van der Waals surface area contributed by atoms with Crippen molar-refractivity contribution in [3.63, 3.8) is 0 Å². The fourth-order valence-electron chi connectivity index (χ4n) is 1.18. The summed E-state index contributed by atoms with van der Waals surface area (Å²) in [6.07, 6.45) is 0.776. The first kappa shape index (κ1) is 11.5. The monoisotopic (exact) mass is 211 g/mol. The van der Waals surface area contributed by atoms with Gasteiger partial charge in [0, 0.05) is 12.0 Å². The van der Waals surface area contributed by atoms with E-state index in [-0.39, 0.29) is 12.1 Å². The molecule has 0 saturated heterocycles. The first-order valence-corrected chi connectivity index (χ1v) is 4.55. The van der Waals surface area contributed by atoms with Crippen LogP contribution in [0.3, 0.4) is 0 Å². The van der Waals surface area contributed by atoms with Gasteiger partial charge < -0.3 is 0 Å². The molecule has 0 saturated carbocycles. The summed E-state index contributed by atoms with van der Waals surface area (Å²) in [6, 6.07) is 6.04. The number of aliphatic imine (C=N–C) groups is 1. The number of benzene rings is 1. The maximum atomic E-state index is 13.4. The summed E-state index contributed by atoms with van der Waals surface area (Å²) < 4.78 is 26.8. The second-order valence-electron chi connectivity index (χ2n) is 3.29. The number of hydrogen-bond donors (Lipinski definition) is 0. The average molecular weight is 211 g/mol. The van der Waals surface area contributed by atoms with Crippen molar-refractivity contribution in [1.82, 2.24) is 0 Å². The molecule has 0 aliphatic rings. The van der Waals surface area contributed by atoms with Gasteiger partial charge in [0.2, 0.25) is 6.08 Å². The minimum absolute atomic E-state index is 0.0470. The molecule has 2 nitrogen and oxygen atoms in total. The number of isocyanates is 1. The topological polar surface area (TPSA) is 29.4 Å². The molecular formula is C11H11F2NO. The summed E-state index contributed by atoms with van der Waals surface area (Å²) in [5.74, 6) is -2.94. The molecule has 80 valence electrons. The summed E-state index contributed by atoms with van der Waals surface area (Å²) in [5, 5.41) is 0. The Bertz CT molecular complexity index is 367. The Kier molecular flexibility index (Phi) is 3.69. The average Bonchev–Trinajstić information content (AvgIpc) is 2.18. The van der Waals surface area contributed by atoms with Crippen LogP contribution in [0.1, 0.15) is 17.5 Å². The predicted molar refractivity (Wildman–Crippen MR) is 52.7 cm³/mol. The van der Waals surface area contributed by atoms with Crippen molar-refractivity contribution in [3.05, 3.63) is 35.4 Å². The van der Waals surface area contributed by atoms with Crippen LogP contribution < -0.4 is 0 Å². The summed E-state index contributed by atoms with van der Waals surface area (Å²) >= 11 is 0. The molecule has 4 heteroatoms. The molecule has 1 aromatic rings. The van der Waals surface area contributed by atoms with E-state index >= 15 is 0 Å². The number of aryl methyl sites for hydroxylation is 1. The van der Waals surface area contributed by atoms with Gasteiger partial charge in [-0.1, -0.05) is 29.8 Å². The zero-order chi connectivity index (χ0) is 11.3. The van der Waals surface area contributed by atoms with E-state index in [4.69, 9.17) is 0 Å². The number of rotatable bonds is 4. The zero-order valence-corrected chi connectivity index (χ0v) is 8.34. The zero-order valence-electron chi connectivity index (χ0n) is 8.34. The molecule has 0 aromatic heterocycles. The van der Waals surface area contributed by atoms with Crippen molar-refractivity contribution in [3.8, 4) is 0 Å². The molecule has 0 aliphatic carbocycles. The Morgan fingerprint density at radius 2 is 1.93 bits per heavy atom. The van der Waals surface area contributed by atoms with Crippen LogP contribution in [-0.2, 0) is 10.7 Å². The minimum atomic E-state index is -2.94. The molecule has 0 heterocycles. The van der Waals surface area contributed by atoms with Crippen LogP contribution in [0.15, 0.2) is 29.3 Å². The summed E-state index contributed by atoms with van der Waals surface area (Å²) in [6.45, 7) is 1.63. The van der Waals surface area contributed by atoms with Crippen LogP contribution in [-0.4, -0.2) is 12.6 Å². The van der Waals surface area contributed by atoms with E-state index in [1.165, 1.54) is 18.2 Å². The molecule has 0 bridgehead atoms. The number of carbonyl (C=O) groups excluding carboxylic acids is 1. The second kappa shape index (κ2) is 4.80. The van der Waals surface area contributed by atoms with Gasteiger partial charge in [-0.25, -0.2) is 18.6 Å². The predicted octanol–water partition coefficient (Wildman–Crippen LogP) is 2.81. The summed E-state index contributed by atoms with van der Waals surface area (Å²) in [4.78, 5) is 12.8. The van der Waals surface area contributed by atoms with E-state index < -0.39 is 12.3 Å². The highest BCUT2D eigenvalue weighted by molar-refractivity contribution is 5.33. The lowest BCUT2D eigenvalue weighted by atomic mass is 10.0. The third-order valence-corrected chi connectivity index (χ3v) is 2.08. The van der Waals surface area contributed by atoms with Crippen LogP contribution in [0.25, 0.3) is 0 Å². The number of alkyl halides is 2. The molecule has 0 fully saturated rings. The van der Waals surface area contributed by atoms with Crippen LogP contribution >= 0.6 is 0 Å². The van der Waals surface area contributed by atoms with Crippen molar-refractivity contribution in [2.75, 3.05) is 6.54 Å². The molecule has 0 radical (unpaired) electrons. The molecule has 0 aliphatic heterocycles. The fraction of sp³-hybridized carbons (Fsp3) is 0.364. The maximum Gasteiger partial charge on any atom is 0.275 e. The van der Waals surface area contributed by atoms with E-state index in [9.17, 15) is 13.6 Å². The van der Waals surface area contributed by atoms with Crippen molar-refractivity contribution in [2.45, 2.75) is 19.3 Å². The molecular weight excluding hydrogens is 200 g/mol. The van der Waals surface area contributed by atoms with Crippen molar-refractivity contribution in [2.24, 2.45) is 4.99 Å². The van der Waals surface area contributed by atoms with Gasteiger partial charge in [0.05, 0.1) is 6.54 Å². The van der Waals surface area contributed by atoms with E-state index in [2.05, 4.69) is 4.99 Å². The largest absolute Gasteiger partial charge is 0.275 e. The van der Waals surface area contributed by atoms with E-state index in [0.717, 1.165) is 5.56 Å². The molecule has 15 heavy (non-hydrogen) atoms. The molecule has 0 spiro atoms. The van der Waals surface area contributed by atoms with Crippen LogP contribution in [0, 0.1) is 6.92 Å². The Balaban J connectivity index is 2.75. The van der Waals surface area contributed by atoms with Gasteiger partial charge in [-0.15, -0.1) is 0 Å². The number of halogens is 2. The highest BCUT2D eigenvalue weighted by Crippen LogP contribution is 2.31. The lowest BCUT2D eigenvalue weighted by Crippen LogP contribution is -2.14. The Labute approximate surface area is 86.6 Å². The minimum Gasteiger partial charge on any atom is -0.211 e. The lowest BCUT2D eigenvalue weighted by molar-refractivity contribution is -0.0105. The van der Waals surface area contributed by atoms with Crippen molar-refractivity contribution in [1.29, 1.82) is 0 Å². The molecule has 0 atom stereocenters. The molecule has 0 amide bonds. The van der Waals surface area contributed by atoms with Crippen LogP contribution in [0.4, 0.5) is 8.78 Å². The third-order valence-electron chi connectivity index (χ3n) is 2.08. The van der Waals surface area contributed by atoms with E-state index in [1.54, 1.807) is 12.1 Å². The van der Waals surface area contributed by atoms with Gasteiger partial charge >= 0.3 is 0 Å². The van der Waals surface area contributed by atoms with E-state index in [1.807, 2.05) is 6.92 Å². The van der Waals surface area contributed by atoms with Crippen LogP contribution in [0.2, 0.25) is 0 Å². The van der Waals surface area contributed by atoms with Gasteiger partial charge in [-0.3, -0.25) is 0 Å². The fourth-order valence-corrected chi connectivity index (χ4v) is 1.18. The van der Waals surface area contributed by atoms with Gasteiger partial charge in [0.15, 0.2) is 0 Å². The van der Waals surface area contributed by atoms with Crippen molar-refractivity contribution < 1.29 is 13.6 Å². The number of hydrogen-bond acceptors (Lipinski definition) is 2. The molecule has 0 N–H and O–H groups in total. The normalized spacial score (nSPS) is 10.9. The third kappa shape index (κ3) is 3.26. The standard InChI is InChI=1S/C11H11F2NO/c1-9-2-4-10(5-3-9)11(12,13)6-7-14-8-15/h2-5H,6-7H2,1H3. The van der Waals surface area contributed by atoms with Gasteiger partial charge in [0.25, 0.3) is 5.92 Å².